The van der Waals surface area contributed by atoms with E-state index in [-0.39, 0.29) is 5.91 Å². The molecule has 2 heterocycles. The Morgan fingerprint density at radius 1 is 1.31 bits per heavy atom. The van der Waals surface area contributed by atoms with Gasteiger partial charge in [-0.15, -0.1) is 11.3 Å². The van der Waals surface area contributed by atoms with Crippen LogP contribution in [0.25, 0.3) is 0 Å². The van der Waals surface area contributed by atoms with E-state index in [1.807, 2.05) is 23.3 Å². The number of nitrogens with zero attached hydrogens (tertiary/aromatic N) is 2. The van der Waals surface area contributed by atoms with E-state index in [1.54, 1.807) is 0 Å². The maximum absolute atomic E-state index is 11.5. The summed E-state index contributed by atoms with van der Waals surface area (Å²) in [6.07, 6.45) is 0.654. The number of rotatable bonds is 2. The van der Waals surface area contributed by atoms with E-state index < -0.39 is 0 Å². The minimum atomic E-state index is 0.268. The summed E-state index contributed by atoms with van der Waals surface area (Å²) in [5.41, 5.74) is 0. The molecule has 1 aromatic rings. The van der Waals surface area contributed by atoms with E-state index in [0.29, 0.717) is 6.42 Å². The summed E-state index contributed by atoms with van der Waals surface area (Å²) in [6, 6.07) is 4.35. The lowest BCUT2D eigenvalue weighted by Gasteiger charge is -2.18. The Kier molecular flexibility index (Phi) is 3.61. The molecule has 1 fully saturated rings. The molecule has 1 aliphatic rings. The summed E-state index contributed by atoms with van der Waals surface area (Å²) in [5, 5.41) is 0. The molecule has 0 unspecified atom stereocenters. The van der Waals surface area contributed by atoms with E-state index in [9.17, 15) is 4.79 Å². The van der Waals surface area contributed by atoms with Crippen LogP contribution in [0.2, 0.25) is 0 Å². The Bertz CT molecular complexity index is 375. The molecule has 0 aromatic carbocycles. The fraction of sp³-hybridized carbons (Fsp3) is 0.583. The van der Waals surface area contributed by atoms with Gasteiger partial charge in [0, 0.05) is 49.4 Å². The Morgan fingerprint density at radius 2 is 2.12 bits per heavy atom. The van der Waals surface area contributed by atoms with Gasteiger partial charge in [0.1, 0.15) is 0 Å². The quantitative estimate of drug-likeness (QED) is 0.783. The first-order valence-electron chi connectivity index (χ1n) is 5.67. The van der Waals surface area contributed by atoms with Crippen molar-refractivity contribution in [1.82, 2.24) is 9.80 Å². The summed E-state index contributed by atoms with van der Waals surface area (Å²) in [6.45, 7) is 5.84. The van der Waals surface area contributed by atoms with Crippen molar-refractivity contribution in [2.45, 2.75) is 19.9 Å². The topological polar surface area (TPSA) is 23.6 Å². The van der Waals surface area contributed by atoms with Crippen LogP contribution in [0.4, 0.5) is 0 Å². The summed E-state index contributed by atoms with van der Waals surface area (Å²) in [7, 11) is 1.89. The first-order chi connectivity index (χ1) is 7.65. The smallest absolute Gasteiger partial charge is 0.223 e. The molecule has 0 bridgehead atoms. The molecule has 3 nitrogen and oxygen atoms in total. The van der Waals surface area contributed by atoms with Gasteiger partial charge in [-0.25, -0.2) is 0 Å². The minimum absolute atomic E-state index is 0.268. The zero-order valence-corrected chi connectivity index (χ0v) is 10.7. The molecule has 88 valence electrons. The summed E-state index contributed by atoms with van der Waals surface area (Å²) < 4.78 is 0. The van der Waals surface area contributed by atoms with Crippen LogP contribution in [0.1, 0.15) is 16.2 Å². The van der Waals surface area contributed by atoms with Crippen molar-refractivity contribution >= 4 is 17.2 Å². The maximum Gasteiger partial charge on any atom is 0.223 e. The second-order valence-electron chi connectivity index (χ2n) is 4.35. The van der Waals surface area contributed by atoms with Gasteiger partial charge in [-0.2, -0.15) is 0 Å². The van der Waals surface area contributed by atoms with E-state index in [4.69, 9.17) is 0 Å². The van der Waals surface area contributed by atoms with Gasteiger partial charge in [-0.3, -0.25) is 9.69 Å². The van der Waals surface area contributed by atoms with E-state index >= 15 is 0 Å². The average molecular weight is 238 g/mol. The Morgan fingerprint density at radius 3 is 2.81 bits per heavy atom. The van der Waals surface area contributed by atoms with Crippen molar-refractivity contribution in [3.8, 4) is 0 Å². The van der Waals surface area contributed by atoms with Crippen molar-refractivity contribution in [3.63, 3.8) is 0 Å². The highest BCUT2D eigenvalue weighted by molar-refractivity contribution is 7.11. The number of hydrogen-bond acceptors (Lipinski definition) is 3. The zero-order valence-electron chi connectivity index (χ0n) is 9.90. The van der Waals surface area contributed by atoms with Gasteiger partial charge in [-0.1, -0.05) is 0 Å². The molecule has 0 saturated carbocycles. The van der Waals surface area contributed by atoms with Crippen LogP contribution in [0.3, 0.4) is 0 Å². The molecule has 16 heavy (non-hydrogen) atoms. The third-order valence-electron chi connectivity index (χ3n) is 2.99. The van der Waals surface area contributed by atoms with Crippen molar-refractivity contribution in [2.75, 3.05) is 26.7 Å². The van der Waals surface area contributed by atoms with Gasteiger partial charge in [0.05, 0.1) is 0 Å². The highest BCUT2D eigenvalue weighted by atomic mass is 32.1. The van der Waals surface area contributed by atoms with Crippen LogP contribution >= 0.6 is 11.3 Å². The van der Waals surface area contributed by atoms with Crippen LogP contribution in [-0.2, 0) is 11.3 Å². The van der Waals surface area contributed by atoms with E-state index in [1.165, 1.54) is 9.75 Å². The fourth-order valence-electron chi connectivity index (χ4n) is 1.92. The van der Waals surface area contributed by atoms with Crippen molar-refractivity contribution < 1.29 is 4.79 Å². The number of carbonyl (C=O) groups is 1. The number of amides is 1. The fourth-order valence-corrected chi connectivity index (χ4v) is 2.85. The maximum atomic E-state index is 11.5. The predicted octanol–water partition coefficient (Wildman–Crippen LogP) is 1.72. The predicted molar refractivity (Wildman–Crippen MR) is 66.6 cm³/mol. The van der Waals surface area contributed by atoms with Crippen molar-refractivity contribution in [2.24, 2.45) is 0 Å². The molecular formula is C12H18N2OS. The highest BCUT2D eigenvalue weighted by Crippen LogP contribution is 2.17. The van der Waals surface area contributed by atoms with Gasteiger partial charge >= 0.3 is 0 Å². The molecule has 1 amide bonds. The zero-order chi connectivity index (χ0) is 11.5. The van der Waals surface area contributed by atoms with Crippen molar-refractivity contribution in [1.29, 1.82) is 0 Å². The van der Waals surface area contributed by atoms with Crippen LogP contribution in [0.5, 0.6) is 0 Å². The molecule has 4 heteroatoms. The van der Waals surface area contributed by atoms with Crippen LogP contribution < -0.4 is 0 Å². The molecule has 1 aromatic heterocycles. The van der Waals surface area contributed by atoms with Gasteiger partial charge in [0.15, 0.2) is 0 Å². The van der Waals surface area contributed by atoms with E-state index in [2.05, 4.69) is 24.0 Å². The van der Waals surface area contributed by atoms with Gasteiger partial charge in [0.2, 0.25) is 5.91 Å². The lowest BCUT2D eigenvalue weighted by atomic mass is 10.3. The third kappa shape index (κ3) is 2.83. The third-order valence-corrected chi connectivity index (χ3v) is 3.98. The molecule has 0 N–H and O–H groups in total. The molecule has 0 atom stereocenters. The Labute approximate surface area is 101 Å². The first-order valence-corrected chi connectivity index (χ1v) is 6.48. The van der Waals surface area contributed by atoms with Gasteiger partial charge in [0.25, 0.3) is 0 Å². The largest absolute Gasteiger partial charge is 0.344 e. The van der Waals surface area contributed by atoms with Gasteiger partial charge in [-0.05, 0) is 19.1 Å². The summed E-state index contributed by atoms with van der Waals surface area (Å²) in [5.74, 6) is 0.268. The first kappa shape index (κ1) is 11.6. The highest BCUT2D eigenvalue weighted by Gasteiger charge is 2.17. The molecule has 0 radical (unpaired) electrons. The summed E-state index contributed by atoms with van der Waals surface area (Å²) in [4.78, 5) is 18.5. The second-order valence-corrected chi connectivity index (χ2v) is 5.73. The summed E-state index contributed by atoms with van der Waals surface area (Å²) >= 11 is 1.85. The number of carbonyl (C=O) groups excluding carboxylic acids is 1. The standard InChI is InChI=1S/C12H18N2OS/c1-10-3-4-11(16-10)9-14-6-5-12(15)13(2)7-8-14/h3-4H,5-9H2,1-2H3. The van der Waals surface area contributed by atoms with Gasteiger partial charge < -0.3 is 4.90 Å². The average Bonchev–Trinajstić information content (AvgIpc) is 2.59. The van der Waals surface area contributed by atoms with Crippen LogP contribution in [0, 0.1) is 6.92 Å². The number of hydrogen-bond donors (Lipinski definition) is 0. The Hall–Kier alpha value is -0.870. The molecular weight excluding hydrogens is 220 g/mol. The van der Waals surface area contributed by atoms with E-state index in [0.717, 1.165) is 26.2 Å². The molecule has 1 saturated heterocycles. The minimum Gasteiger partial charge on any atom is -0.344 e. The molecule has 0 aliphatic carbocycles. The lowest BCUT2D eigenvalue weighted by molar-refractivity contribution is -0.129. The lowest BCUT2D eigenvalue weighted by Crippen LogP contribution is -2.29. The molecule has 0 spiro atoms. The molecule has 1 aliphatic heterocycles. The monoisotopic (exact) mass is 238 g/mol. The normalized spacial score (nSPS) is 18.9. The van der Waals surface area contributed by atoms with Crippen LogP contribution in [0.15, 0.2) is 12.1 Å². The van der Waals surface area contributed by atoms with Crippen molar-refractivity contribution in [3.05, 3.63) is 21.9 Å². The van der Waals surface area contributed by atoms with Crippen LogP contribution in [-0.4, -0.2) is 42.4 Å². The number of likely N-dealkylation sites (N-methyl/N-ethyl adjacent to an activating group) is 1. The molecule has 2 rings (SSSR count). The SMILES string of the molecule is Cc1ccc(CN2CCC(=O)N(C)CC2)s1. The Balaban J connectivity index is 1.93. The second kappa shape index (κ2) is 4.97. The number of aryl methyl sites for hydroxylation is 1. The number of thiophene rings is 1.